The Balaban J connectivity index is 1.63. The lowest BCUT2D eigenvalue weighted by atomic mass is 10.2. The van der Waals surface area contributed by atoms with E-state index in [0.717, 1.165) is 11.8 Å². The third-order valence-electron chi connectivity index (χ3n) is 3.01. The number of amides is 1. The van der Waals surface area contributed by atoms with Gasteiger partial charge in [-0.1, -0.05) is 0 Å². The highest BCUT2D eigenvalue weighted by atomic mass is 32.2. The van der Waals surface area contributed by atoms with Crippen molar-refractivity contribution in [3.63, 3.8) is 0 Å². The average molecular weight is 345 g/mol. The van der Waals surface area contributed by atoms with Gasteiger partial charge in [-0.15, -0.1) is 10.2 Å². The van der Waals surface area contributed by atoms with E-state index >= 15 is 0 Å². The SMILES string of the molecule is COc1ccc(NC(=O)Sc2nnc(-c3ccc(F)cc3)o2)cc1. The Kier molecular flexibility index (Phi) is 4.76. The fourth-order valence-electron chi connectivity index (χ4n) is 1.86. The molecule has 0 aliphatic rings. The molecule has 0 radical (unpaired) electrons. The Morgan fingerprint density at radius 2 is 1.83 bits per heavy atom. The van der Waals surface area contributed by atoms with Gasteiger partial charge in [-0.25, -0.2) is 4.39 Å². The number of halogens is 1. The number of ether oxygens (including phenoxy) is 1. The van der Waals surface area contributed by atoms with Crippen LogP contribution in [-0.2, 0) is 0 Å². The molecule has 2 aromatic carbocycles. The molecular weight excluding hydrogens is 333 g/mol. The molecule has 24 heavy (non-hydrogen) atoms. The Labute approximate surface area is 141 Å². The molecule has 1 heterocycles. The van der Waals surface area contributed by atoms with E-state index in [4.69, 9.17) is 9.15 Å². The molecule has 1 aromatic heterocycles. The summed E-state index contributed by atoms with van der Waals surface area (Å²) in [5.41, 5.74) is 1.19. The van der Waals surface area contributed by atoms with E-state index in [0.29, 0.717) is 17.0 Å². The van der Waals surface area contributed by atoms with Crippen LogP contribution in [0, 0.1) is 5.82 Å². The third kappa shape index (κ3) is 3.90. The van der Waals surface area contributed by atoms with Crippen LogP contribution in [0.3, 0.4) is 0 Å². The molecule has 0 saturated heterocycles. The highest BCUT2D eigenvalue weighted by Crippen LogP contribution is 2.25. The molecule has 0 atom stereocenters. The normalized spacial score (nSPS) is 10.4. The third-order valence-corrected chi connectivity index (χ3v) is 3.64. The van der Waals surface area contributed by atoms with E-state index in [2.05, 4.69) is 15.5 Å². The number of nitrogens with zero attached hydrogens (tertiary/aromatic N) is 2. The lowest BCUT2D eigenvalue weighted by Crippen LogP contribution is -2.04. The molecule has 0 fully saturated rings. The lowest BCUT2D eigenvalue weighted by molar-refractivity contribution is 0.269. The van der Waals surface area contributed by atoms with E-state index in [-0.39, 0.29) is 22.2 Å². The molecule has 6 nitrogen and oxygen atoms in total. The molecular formula is C16H12FN3O3S. The van der Waals surface area contributed by atoms with Gasteiger partial charge in [-0.05, 0) is 48.5 Å². The average Bonchev–Trinajstić information content (AvgIpc) is 3.04. The molecule has 0 aliphatic carbocycles. The van der Waals surface area contributed by atoms with Crippen LogP contribution in [0.4, 0.5) is 14.9 Å². The van der Waals surface area contributed by atoms with Crippen molar-refractivity contribution in [3.8, 4) is 17.2 Å². The van der Waals surface area contributed by atoms with Crippen LogP contribution in [-0.4, -0.2) is 22.5 Å². The molecule has 1 amide bonds. The van der Waals surface area contributed by atoms with Crippen molar-refractivity contribution in [3.05, 3.63) is 54.3 Å². The predicted octanol–water partition coefficient (Wildman–Crippen LogP) is 4.21. The summed E-state index contributed by atoms with van der Waals surface area (Å²) in [5, 5.41) is 10.1. The van der Waals surface area contributed by atoms with Crippen molar-refractivity contribution in [1.82, 2.24) is 10.2 Å². The van der Waals surface area contributed by atoms with Crippen LogP contribution >= 0.6 is 11.8 Å². The summed E-state index contributed by atoms with van der Waals surface area (Å²) >= 11 is 0.771. The Morgan fingerprint density at radius 3 is 2.50 bits per heavy atom. The second kappa shape index (κ2) is 7.14. The molecule has 0 bridgehead atoms. The summed E-state index contributed by atoms with van der Waals surface area (Å²) in [7, 11) is 1.57. The fraction of sp³-hybridized carbons (Fsp3) is 0.0625. The molecule has 3 aromatic rings. The number of methoxy groups -OCH3 is 1. The molecule has 122 valence electrons. The van der Waals surface area contributed by atoms with Crippen molar-refractivity contribution in [1.29, 1.82) is 0 Å². The van der Waals surface area contributed by atoms with Gasteiger partial charge in [0.1, 0.15) is 11.6 Å². The van der Waals surface area contributed by atoms with Crippen molar-refractivity contribution in [2.75, 3.05) is 12.4 Å². The number of hydrogen-bond acceptors (Lipinski definition) is 6. The number of hydrogen-bond donors (Lipinski definition) is 1. The first kappa shape index (κ1) is 16.0. The molecule has 8 heteroatoms. The van der Waals surface area contributed by atoms with E-state index in [1.807, 2.05) is 0 Å². The van der Waals surface area contributed by atoms with Gasteiger partial charge in [0.15, 0.2) is 0 Å². The maximum atomic E-state index is 12.9. The quantitative estimate of drug-likeness (QED) is 0.714. The number of benzene rings is 2. The van der Waals surface area contributed by atoms with Gasteiger partial charge in [0.05, 0.1) is 7.11 Å². The summed E-state index contributed by atoms with van der Waals surface area (Å²) in [5.74, 6) is 0.558. The monoisotopic (exact) mass is 345 g/mol. The second-order valence-electron chi connectivity index (χ2n) is 4.62. The van der Waals surface area contributed by atoms with Gasteiger partial charge < -0.3 is 14.5 Å². The number of thioether (sulfide) groups is 1. The van der Waals surface area contributed by atoms with Gasteiger partial charge in [0, 0.05) is 23.0 Å². The van der Waals surface area contributed by atoms with Gasteiger partial charge >= 0.3 is 0 Å². The Hall–Kier alpha value is -2.87. The summed E-state index contributed by atoms with van der Waals surface area (Å²) < 4.78 is 23.3. The first-order chi connectivity index (χ1) is 11.6. The van der Waals surface area contributed by atoms with Crippen molar-refractivity contribution in [2.45, 2.75) is 5.22 Å². The van der Waals surface area contributed by atoms with Crippen LogP contribution in [0.5, 0.6) is 5.75 Å². The van der Waals surface area contributed by atoms with Gasteiger partial charge in [-0.3, -0.25) is 4.79 Å². The molecule has 0 aliphatic heterocycles. The number of aromatic nitrogens is 2. The van der Waals surface area contributed by atoms with Crippen molar-refractivity contribution >= 4 is 22.7 Å². The van der Waals surface area contributed by atoms with Gasteiger partial charge in [0.2, 0.25) is 5.89 Å². The number of carbonyl (C=O) groups excluding carboxylic acids is 1. The number of nitrogens with one attached hydrogen (secondary N) is 1. The number of carbonyl (C=O) groups is 1. The van der Waals surface area contributed by atoms with Gasteiger partial charge in [-0.2, -0.15) is 0 Å². The predicted molar refractivity (Wildman–Crippen MR) is 87.6 cm³/mol. The minimum atomic E-state index is -0.366. The maximum Gasteiger partial charge on any atom is 0.292 e. The standard InChI is InChI=1S/C16H12FN3O3S/c1-22-13-8-6-12(7-9-13)18-15(21)24-16-20-19-14(23-16)10-2-4-11(17)5-3-10/h2-9H,1H3,(H,18,21). The molecule has 1 N–H and O–H groups in total. The number of anilines is 1. The zero-order chi connectivity index (χ0) is 16.9. The summed E-state index contributed by atoms with van der Waals surface area (Å²) in [6, 6.07) is 12.5. The van der Waals surface area contributed by atoms with E-state index < -0.39 is 0 Å². The lowest BCUT2D eigenvalue weighted by Gasteiger charge is -2.04. The van der Waals surface area contributed by atoms with E-state index in [1.54, 1.807) is 31.4 Å². The summed E-state index contributed by atoms with van der Waals surface area (Å²) in [6.45, 7) is 0. The number of rotatable bonds is 4. The van der Waals surface area contributed by atoms with Crippen LogP contribution in [0.1, 0.15) is 0 Å². The molecule has 0 spiro atoms. The first-order valence-corrected chi connectivity index (χ1v) is 7.68. The fourth-order valence-corrected chi connectivity index (χ4v) is 2.39. The smallest absolute Gasteiger partial charge is 0.292 e. The van der Waals surface area contributed by atoms with E-state index in [9.17, 15) is 9.18 Å². The van der Waals surface area contributed by atoms with E-state index in [1.165, 1.54) is 24.3 Å². The first-order valence-electron chi connectivity index (χ1n) is 6.86. The topological polar surface area (TPSA) is 77.2 Å². The van der Waals surface area contributed by atoms with Crippen LogP contribution < -0.4 is 10.1 Å². The molecule has 0 saturated carbocycles. The zero-order valence-electron chi connectivity index (χ0n) is 12.5. The highest BCUT2D eigenvalue weighted by molar-refractivity contribution is 8.13. The summed E-state index contributed by atoms with van der Waals surface area (Å²) in [4.78, 5) is 12.0. The van der Waals surface area contributed by atoms with Crippen LogP contribution in [0.2, 0.25) is 0 Å². The maximum absolute atomic E-state index is 12.9. The van der Waals surface area contributed by atoms with Crippen molar-refractivity contribution < 1.29 is 18.3 Å². The van der Waals surface area contributed by atoms with Crippen LogP contribution in [0.25, 0.3) is 11.5 Å². The summed E-state index contributed by atoms with van der Waals surface area (Å²) in [6.07, 6.45) is 0. The molecule has 0 unspecified atom stereocenters. The largest absolute Gasteiger partial charge is 0.497 e. The van der Waals surface area contributed by atoms with Gasteiger partial charge in [0.25, 0.3) is 10.5 Å². The second-order valence-corrected chi connectivity index (χ2v) is 5.55. The zero-order valence-corrected chi connectivity index (χ0v) is 13.3. The van der Waals surface area contributed by atoms with Crippen molar-refractivity contribution in [2.24, 2.45) is 0 Å². The van der Waals surface area contributed by atoms with Crippen LogP contribution in [0.15, 0.2) is 58.2 Å². The minimum absolute atomic E-state index is 0.0975. The minimum Gasteiger partial charge on any atom is -0.497 e. The Morgan fingerprint density at radius 1 is 1.12 bits per heavy atom. The highest BCUT2D eigenvalue weighted by Gasteiger charge is 2.13. The Bertz CT molecular complexity index is 835. The molecule has 3 rings (SSSR count).